The zero-order chi connectivity index (χ0) is 19.7. The second-order valence-electron chi connectivity index (χ2n) is 8.95. The van der Waals surface area contributed by atoms with E-state index in [9.17, 15) is 4.39 Å². The molecule has 1 aliphatic heterocycles. The van der Waals surface area contributed by atoms with Crippen molar-refractivity contribution in [3.63, 3.8) is 0 Å². The zero-order valence-corrected chi connectivity index (χ0v) is 19.2. The summed E-state index contributed by atoms with van der Waals surface area (Å²) < 4.78 is 15.1. The molecule has 0 saturated carbocycles. The third kappa shape index (κ3) is 5.40. The minimum absolute atomic E-state index is 0. The van der Waals surface area contributed by atoms with Gasteiger partial charge in [0.25, 0.3) is 0 Å². The summed E-state index contributed by atoms with van der Waals surface area (Å²) >= 11 is 0. The number of rotatable bonds is 5. The summed E-state index contributed by atoms with van der Waals surface area (Å²) in [6, 6.07) is 10.9. The molecule has 3 rings (SSSR count). The maximum atomic E-state index is 13.0. The summed E-state index contributed by atoms with van der Waals surface area (Å²) in [5, 5.41) is 2.22. The number of nitrogens with zero attached hydrogens (tertiary/aromatic N) is 2. The van der Waals surface area contributed by atoms with E-state index >= 15 is 0 Å². The summed E-state index contributed by atoms with van der Waals surface area (Å²) in [5.74, 6) is -0.200. The van der Waals surface area contributed by atoms with Crippen molar-refractivity contribution in [1.29, 1.82) is 0 Å². The molecule has 1 aromatic heterocycles. The first kappa shape index (κ1) is 23.0. The molecule has 0 amide bonds. The van der Waals surface area contributed by atoms with Gasteiger partial charge in [-0.15, -0.1) is 0 Å². The molecule has 2 aromatic rings. The molecule has 0 spiro atoms. The SMILES string of the molecule is CC(ON1C(C)(C)CCCC1(C)C)c1cc[n+](Cc2ccc(F)cc2)cc1.[Br-]. The van der Waals surface area contributed by atoms with Crippen LogP contribution >= 0.6 is 0 Å². The highest BCUT2D eigenvalue weighted by Crippen LogP contribution is 2.40. The Bertz CT molecular complexity index is 743. The fourth-order valence-electron chi connectivity index (χ4n) is 4.13. The fraction of sp³-hybridized carbons (Fsp3) is 0.522. The van der Waals surface area contributed by atoms with Gasteiger partial charge >= 0.3 is 0 Å². The Morgan fingerprint density at radius 3 is 2.07 bits per heavy atom. The van der Waals surface area contributed by atoms with Crippen LogP contribution in [0.15, 0.2) is 48.8 Å². The van der Waals surface area contributed by atoms with Crippen LogP contribution in [0, 0.1) is 5.82 Å². The average Bonchev–Trinajstić information content (AvgIpc) is 2.60. The Labute approximate surface area is 179 Å². The van der Waals surface area contributed by atoms with E-state index in [1.165, 1.54) is 18.6 Å². The lowest BCUT2D eigenvalue weighted by atomic mass is 9.82. The number of hydrogen-bond donors (Lipinski definition) is 0. The van der Waals surface area contributed by atoms with Gasteiger partial charge in [0, 0.05) is 28.8 Å². The number of pyridine rings is 1. The van der Waals surface area contributed by atoms with E-state index < -0.39 is 0 Å². The van der Waals surface area contributed by atoms with Crippen LogP contribution < -0.4 is 21.5 Å². The van der Waals surface area contributed by atoms with E-state index in [0.717, 1.165) is 30.5 Å². The molecule has 0 radical (unpaired) electrons. The number of aromatic nitrogens is 1. The molecule has 5 heteroatoms. The molecule has 2 heterocycles. The van der Waals surface area contributed by atoms with Gasteiger partial charge in [0.05, 0.1) is 0 Å². The van der Waals surface area contributed by atoms with Gasteiger partial charge in [-0.25, -0.2) is 8.96 Å². The number of halogens is 2. The molecule has 1 unspecified atom stereocenters. The van der Waals surface area contributed by atoms with Gasteiger partial charge in [0.1, 0.15) is 11.9 Å². The minimum atomic E-state index is -0.200. The zero-order valence-electron chi connectivity index (χ0n) is 17.6. The minimum Gasteiger partial charge on any atom is -1.00 e. The summed E-state index contributed by atoms with van der Waals surface area (Å²) in [5.41, 5.74) is 2.30. The van der Waals surface area contributed by atoms with Crippen molar-refractivity contribution in [2.75, 3.05) is 0 Å². The Kier molecular flexibility index (Phi) is 7.40. The van der Waals surface area contributed by atoms with Gasteiger partial charge < -0.3 is 17.0 Å². The molecule has 154 valence electrons. The standard InChI is InChI=1S/C23H32FN2O.BrH/c1-18(27-26-22(2,3)13-6-14-23(26,4)5)20-11-15-25(16-12-20)17-19-7-9-21(24)10-8-19;/h7-12,15-16,18H,6,13-14,17H2,1-5H3;1H/q+1;/p-1. The van der Waals surface area contributed by atoms with E-state index in [4.69, 9.17) is 4.84 Å². The van der Waals surface area contributed by atoms with E-state index in [0.29, 0.717) is 0 Å². The van der Waals surface area contributed by atoms with Crippen molar-refractivity contribution in [1.82, 2.24) is 5.06 Å². The predicted octanol–water partition coefficient (Wildman–Crippen LogP) is 2.20. The van der Waals surface area contributed by atoms with Crippen molar-refractivity contribution in [3.05, 3.63) is 65.7 Å². The maximum absolute atomic E-state index is 13.0. The maximum Gasteiger partial charge on any atom is 0.173 e. The van der Waals surface area contributed by atoms with Crippen molar-refractivity contribution in [2.24, 2.45) is 0 Å². The Morgan fingerprint density at radius 2 is 1.54 bits per heavy atom. The second kappa shape index (κ2) is 9.02. The second-order valence-corrected chi connectivity index (χ2v) is 8.95. The highest BCUT2D eigenvalue weighted by Gasteiger charge is 2.43. The normalized spacial score (nSPS) is 19.6. The van der Waals surface area contributed by atoms with Crippen LogP contribution in [0.1, 0.15) is 71.1 Å². The quantitative estimate of drug-likeness (QED) is 0.649. The molecule has 0 N–H and O–H groups in total. The Morgan fingerprint density at radius 1 is 1.00 bits per heavy atom. The lowest BCUT2D eigenvalue weighted by Crippen LogP contribution is -3.00. The van der Waals surface area contributed by atoms with Crippen LogP contribution in [0.3, 0.4) is 0 Å². The number of hydrogen-bond acceptors (Lipinski definition) is 2. The van der Waals surface area contributed by atoms with Gasteiger partial charge in [0.15, 0.2) is 18.9 Å². The van der Waals surface area contributed by atoms with Crippen LogP contribution in [-0.2, 0) is 11.4 Å². The molecule has 3 nitrogen and oxygen atoms in total. The van der Waals surface area contributed by atoms with E-state index in [-0.39, 0.29) is 40.0 Å². The molecule has 0 aliphatic carbocycles. The topological polar surface area (TPSA) is 16.4 Å². The first-order valence-corrected chi connectivity index (χ1v) is 9.88. The van der Waals surface area contributed by atoms with Gasteiger partial charge in [-0.1, -0.05) is 0 Å². The summed E-state index contributed by atoms with van der Waals surface area (Å²) in [6.07, 6.45) is 7.65. The fourth-order valence-corrected chi connectivity index (χ4v) is 4.13. The molecule has 1 fully saturated rings. The summed E-state index contributed by atoms with van der Waals surface area (Å²) in [7, 11) is 0. The van der Waals surface area contributed by atoms with E-state index in [2.05, 4.69) is 68.8 Å². The van der Waals surface area contributed by atoms with Crippen LogP contribution in [0.4, 0.5) is 4.39 Å². The summed E-state index contributed by atoms with van der Waals surface area (Å²) in [6.45, 7) is 11.9. The van der Waals surface area contributed by atoms with Gasteiger partial charge in [0.2, 0.25) is 0 Å². The molecule has 0 bridgehead atoms. The third-order valence-corrected chi connectivity index (χ3v) is 5.61. The van der Waals surface area contributed by atoms with Crippen LogP contribution in [-0.4, -0.2) is 16.1 Å². The molecule has 1 atom stereocenters. The van der Waals surface area contributed by atoms with Crippen molar-refractivity contribution in [2.45, 2.75) is 77.6 Å². The van der Waals surface area contributed by atoms with Gasteiger partial charge in [-0.05, 0) is 83.7 Å². The largest absolute Gasteiger partial charge is 1.00 e. The smallest absolute Gasteiger partial charge is 0.173 e. The molecule has 1 aliphatic rings. The number of piperidine rings is 1. The third-order valence-electron chi connectivity index (χ3n) is 5.61. The highest BCUT2D eigenvalue weighted by molar-refractivity contribution is 5.15. The van der Waals surface area contributed by atoms with Crippen molar-refractivity contribution < 1.29 is 30.8 Å². The van der Waals surface area contributed by atoms with Gasteiger partial charge in [-0.2, -0.15) is 5.06 Å². The molecule has 1 aromatic carbocycles. The Balaban J connectivity index is 0.00000280. The molecular weight excluding hydrogens is 419 g/mol. The molecular formula is C23H32BrFN2O. The predicted molar refractivity (Wildman–Crippen MR) is 105 cm³/mol. The first-order valence-electron chi connectivity index (χ1n) is 9.88. The monoisotopic (exact) mass is 450 g/mol. The lowest BCUT2D eigenvalue weighted by Gasteiger charge is -2.52. The van der Waals surface area contributed by atoms with Crippen molar-refractivity contribution in [3.8, 4) is 0 Å². The molecule has 1 saturated heterocycles. The van der Waals surface area contributed by atoms with Crippen LogP contribution in [0.5, 0.6) is 0 Å². The number of hydroxylamine groups is 2. The first-order chi connectivity index (χ1) is 12.7. The summed E-state index contributed by atoms with van der Waals surface area (Å²) in [4.78, 5) is 6.46. The highest BCUT2D eigenvalue weighted by atomic mass is 79.9. The van der Waals surface area contributed by atoms with Gasteiger partial charge in [-0.3, -0.25) is 4.84 Å². The van der Waals surface area contributed by atoms with Crippen LogP contribution in [0.25, 0.3) is 0 Å². The average molecular weight is 451 g/mol. The molecule has 28 heavy (non-hydrogen) atoms. The Hall–Kier alpha value is -1.30. The van der Waals surface area contributed by atoms with Crippen molar-refractivity contribution >= 4 is 0 Å². The lowest BCUT2D eigenvalue weighted by molar-refractivity contribution is -0.688. The number of benzene rings is 1. The van der Waals surface area contributed by atoms with E-state index in [1.807, 2.05) is 12.1 Å². The van der Waals surface area contributed by atoms with Crippen LogP contribution in [0.2, 0.25) is 0 Å². The van der Waals surface area contributed by atoms with E-state index in [1.54, 1.807) is 0 Å².